The summed E-state index contributed by atoms with van der Waals surface area (Å²) in [5.74, 6) is 0. The molecule has 0 radical (unpaired) electrons. The Morgan fingerprint density at radius 3 is 1.08 bits per heavy atom. The third-order valence-corrected chi connectivity index (χ3v) is 19.0. The first-order valence-corrected chi connectivity index (χ1v) is 30.1. The summed E-state index contributed by atoms with van der Waals surface area (Å²) in [5, 5.41) is 10.0. The number of rotatable bonds is 8. The molecule has 0 unspecified atom stereocenters. The van der Waals surface area contributed by atoms with Crippen molar-refractivity contribution in [3.8, 4) is 66.8 Å². The van der Waals surface area contributed by atoms with Crippen LogP contribution in [0.1, 0.15) is 57.5 Å². The zero-order valence-corrected chi connectivity index (χ0v) is 47.1. The van der Waals surface area contributed by atoms with Gasteiger partial charge in [-0.2, -0.15) is 0 Å². The molecule has 3 aliphatic rings. The molecule has 3 heterocycles. The van der Waals surface area contributed by atoms with E-state index in [1.165, 1.54) is 143 Å². The molecule has 4 atom stereocenters. The summed E-state index contributed by atoms with van der Waals surface area (Å²) >= 11 is 0. The largest absolute Gasteiger partial charge is 0.249 e. The van der Waals surface area contributed by atoms with E-state index >= 15 is 0 Å². The molecule has 0 saturated carbocycles. The zero-order chi connectivity index (χ0) is 56.0. The van der Waals surface area contributed by atoms with Crippen molar-refractivity contribution in [1.29, 1.82) is 0 Å². The van der Waals surface area contributed by atoms with Gasteiger partial charge in [0, 0.05) is 24.0 Å². The summed E-state index contributed by atoms with van der Waals surface area (Å²) in [6.07, 6.45) is 4.40. The van der Waals surface area contributed by atoms with Crippen LogP contribution in [0.25, 0.3) is 110 Å². The van der Waals surface area contributed by atoms with Gasteiger partial charge in [0.25, 0.3) is 0 Å². The first-order valence-electron chi connectivity index (χ1n) is 30.1. The van der Waals surface area contributed by atoms with E-state index in [0.717, 1.165) is 12.8 Å². The molecule has 14 aromatic carbocycles. The van der Waals surface area contributed by atoms with E-state index < -0.39 is 0 Å². The maximum atomic E-state index is 2.73. The molecule has 0 spiro atoms. The van der Waals surface area contributed by atoms with Gasteiger partial charge in [0.15, 0.2) is 12.1 Å². The molecule has 2 nitrogen and oxygen atoms in total. The number of nitrogens with zero attached hydrogens (tertiary/aromatic N) is 2. The highest BCUT2D eigenvalue weighted by atomic mass is 15.4. The molecule has 400 valence electrons. The van der Waals surface area contributed by atoms with E-state index in [0.29, 0.717) is 0 Å². The summed E-state index contributed by atoms with van der Waals surface area (Å²) in [5.41, 5.74) is 23.1. The van der Waals surface area contributed by atoms with E-state index in [1.807, 2.05) is 0 Å². The van der Waals surface area contributed by atoms with Crippen molar-refractivity contribution in [3.63, 3.8) is 0 Å². The second-order valence-electron chi connectivity index (χ2n) is 23.7. The highest BCUT2D eigenvalue weighted by molar-refractivity contribution is 6.03. The molecule has 0 N–H and O–H groups in total. The van der Waals surface area contributed by atoms with Gasteiger partial charge in [-0.25, -0.2) is 9.48 Å². The maximum absolute atomic E-state index is 2.73. The number of hydrogen-bond acceptors (Lipinski definition) is 1. The van der Waals surface area contributed by atoms with Gasteiger partial charge in [-0.3, -0.25) is 0 Å². The molecule has 0 amide bonds. The van der Waals surface area contributed by atoms with Gasteiger partial charge >= 0.3 is 0 Å². The van der Waals surface area contributed by atoms with Gasteiger partial charge in [-0.05, 0) is 169 Å². The fraction of sp³-hybridized carbons (Fsp3) is 0.0723. The monoisotopic (exact) mass is 1080 g/mol. The summed E-state index contributed by atoms with van der Waals surface area (Å²) in [6.45, 7) is 0. The van der Waals surface area contributed by atoms with Crippen molar-refractivity contribution in [1.82, 2.24) is 4.90 Å². The van der Waals surface area contributed by atoms with Gasteiger partial charge in [-0.1, -0.05) is 267 Å². The van der Waals surface area contributed by atoms with E-state index in [9.17, 15) is 0 Å². The molecular weight excluding hydrogens is 1020 g/mol. The van der Waals surface area contributed by atoms with Crippen molar-refractivity contribution >= 4 is 49.4 Å². The zero-order valence-electron chi connectivity index (χ0n) is 47.1. The minimum Gasteiger partial charge on any atom is -0.249 e. The number of benzene rings is 14. The van der Waals surface area contributed by atoms with E-state index in [1.54, 1.807) is 0 Å². The van der Waals surface area contributed by atoms with Gasteiger partial charge in [-0.15, -0.1) is 0 Å². The van der Waals surface area contributed by atoms with E-state index in [-0.39, 0.29) is 24.2 Å². The van der Waals surface area contributed by atoms with Crippen LogP contribution in [0.4, 0.5) is 0 Å². The molecule has 0 bridgehead atoms. The second-order valence-corrected chi connectivity index (χ2v) is 23.7. The molecule has 0 fully saturated rings. The lowest BCUT2D eigenvalue weighted by Crippen LogP contribution is -2.37. The van der Waals surface area contributed by atoms with Crippen LogP contribution in [-0.2, 0) is 12.8 Å². The second kappa shape index (κ2) is 20.2. The highest BCUT2D eigenvalue weighted by Crippen LogP contribution is 2.54. The highest BCUT2D eigenvalue weighted by Gasteiger charge is 2.54. The normalized spacial score (nSPS) is 16.9. The summed E-state index contributed by atoms with van der Waals surface area (Å²) in [6, 6.07) is 115. The number of hydrogen-bond donors (Lipinski definition) is 0. The summed E-state index contributed by atoms with van der Waals surface area (Å²) < 4.78 is 2.73. The third kappa shape index (κ3) is 8.42. The van der Waals surface area contributed by atoms with Gasteiger partial charge < -0.3 is 0 Å². The molecule has 85 heavy (non-hydrogen) atoms. The molecule has 0 aromatic heterocycles. The Hall–Kier alpha value is -10.4. The Morgan fingerprint density at radius 1 is 0.282 bits per heavy atom. The average molecular weight is 1080 g/mol. The van der Waals surface area contributed by atoms with Crippen LogP contribution in [0.2, 0.25) is 0 Å². The standard InChI is InChI=1S/C83H59N2/c1-7-27-70-56(17-1)23-13-33-74(70)66-45-64(46-67(49-66)75-34-14-24-57-18-2-8-28-71(57)75)54-37-41-60(42-38-54)80-51-62-21-5-11-31-78(62)82-83-79-32-12-6-22-63(79)52-81(85(83)53-84(80)82)61-43-39-55(40-44-61)65-47-68(76-35-15-25-58-19-3-9-29-72(58)76)50-69(48-65)77-36-16-26-59-20-4-10-30-73(59)77/h1-50,53,80-83H,51-52H2/q+1/t80-,81-,82-,83-/m1/s1. The molecule has 0 aliphatic carbocycles. The SMILES string of the molecule is C1=[N+]2[C@@H](c3ccc(-c4cc(-c5cccc6ccccc56)cc(-c5cccc6ccccc56)c4)cc3)Cc3ccccc3[C@@H]2[C@H]2c3ccccc3C[C@H](c3ccc(-c4cc(-c5cccc6ccccc56)cc(-c5cccc6ccccc56)c4)cc3)N12. The Labute approximate surface area is 496 Å². The lowest BCUT2D eigenvalue weighted by molar-refractivity contribution is -0.609. The molecule has 3 aliphatic heterocycles. The van der Waals surface area contributed by atoms with E-state index in [2.05, 4.69) is 319 Å². The van der Waals surface area contributed by atoms with Crippen LogP contribution >= 0.6 is 0 Å². The summed E-state index contributed by atoms with van der Waals surface area (Å²) in [7, 11) is 0. The van der Waals surface area contributed by atoms with Crippen molar-refractivity contribution in [3.05, 3.63) is 337 Å². The molecular formula is C83H59N2+. The predicted molar refractivity (Wildman–Crippen MR) is 355 cm³/mol. The first kappa shape index (κ1) is 49.2. The Balaban J connectivity index is 0.753. The fourth-order valence-corrected chi connectivity index (χ4v) is 15.0. The first-order chi connectivity index (χ1) is 42.1. The van der Waals surface area contributed by atoms with Crippen LogP contribution in [-0.4, -0.2) is 15.8 Å². The van der Waals surface area contributed by atoms with Gasteiger partial charge in [0.05, 0.1) is 0 Å². The fourth-order valence-electron chi connectivity index (χ4n) is 15.0. The molecule has 14 aromatic rings. The molecule has 2 heteroatoms. The van der Waals surface area contributed by atoms with Crippen LogP contribution in [0.15, 0.2) is 303 Å². The van der Waals surface area contributed by atoms with Crippen LogP contribution in [0, 0.1) is 0 Å². The lowest BCUT2D eigenvalue weighted by Gasteiger charge is -2.37. The van der Waals surface area contributed by atoms with Crippen LogP contribution in [0.5, 0.6) is 0 Å². The smallest absolute Gasteiger partial charge is 0.236 e. The Kier molecular flexibility index (Phi) is 11.7. The maximum Gasteiger partial charge on any atom is 0.236 e. The van der Waals surface area contributed by atoms with Gasteiger partial charge in [0.1, 0.15) is 12.1 Å². The number of fused-ring (bicyclic) bond motifs is 11. The van der Waals surface area contributed by atoms with Crippen molar-refractivity contribution in [2.24, 2.45) is 0 Å². The Bertz CT molecular complexity index is 4770. The Morgan fingerprint density at radius 2 is 0.635 bits per heavy atom. The van der Waals surface area contributed by atoms with Crippen molar-refractivity contribution in [2.75, 3.05) is 0 Å². The van der Waals surface area contributed by atoms with Crippen molar-refractivity contribution in [2.45, 2.75) is 37.0 Å². The lowest BCUT2D eigenvalue weighted by atomic mass is 9.78. The van der Waals surface area contributed by atoms with Crippen molar-refractivity contribution < 1.29 is 4.58 Å². The topological polar surface area (TPSA) is 6.25 Å². The van der Waals surface area contributed by atoms with Crippen LogP contribution < -0.4 is 0 Å². The van der Waals surface area contributed by atoms with Gasteiger partial charge in [0.2, 0.25) is 6.34 Å². The minimum atomic E-state index is 0.141. The average Bonchev–Trinajstić information content (AvgIpc) is 2.62. The quantitative estimate of drug-likeness (QED) is 0.137. The molecule has 0 saturated heterocycles. The third-order valence-electron chi connectivity index (χ3n) is 19.0. The molecule has 17 rings (SSSR count). The summed E-state index contributed by atoms with van der Waals surface area (Å²) in [4.78, 5) is 2.73. The van der Waals surface area contributed by atoms with Crippen LogP contribution in [0.3, 0.4) is 0 Å². The minimum absolute atomic E-state index is 0.141. The predicted octanol–water partition coefficient (Wildman–Crippen LogP) is 21.0. The van der Waals surface area contributed by atoms with E-state index in [4.69, 9.17) is 0 Å².